The van der Waals surface area contributed by atoms with E-state index in [-0.39, 0.29) is 18.1 Å². The second-order valence-electron chi connectivity index (χ2n) is 12.9. The molecule has 53 heavy (non-hydrogen) atoms. The summed E-state index contributed by atoms with van der Waals surface area (Å²) in [5.74, 6) is 1.21. The molecular weight excluding hydrogens is 647 g/mol. The van der Waals surface area contributed by atoms with Gasteiger partial charge in [0.1, 0.15) is 11.2 Å². The van der Waals surface area contributed by atoms with E-state index in [4.69, 9.17) is 22.1 Å². The van der Waals surface area contributed by atoms with Crippen LogP contribution in [0.4, 0.5) is 0 Å². The Bertz CT molecular complexity index is 3110. The third-order valence-electron chi connectivity index (χ3n) is 9.76. The first kappa shape index (κ1) is 27.5. The molecule has 0 spiro atoms. The number of nitrogens with zero attached hydrogens (tertiary/aromatic N) is 3. The number of hydrogen-bond acceptors (Lipinski definition) is 4. The van der Waals surface area contributed by atoms with E-state index in [0.717, 1.165) is 55.3 Å². The van der Waals surface area contributed by atoms with Gasteiger partial charge in [0.05, 0.1) is 4.11 Å². The highest BCUT2D eigenvalue weighted by molar-refractivity contribution is 6.12. The van der Waals surface area contributed by atoms with Crippen molar-refractivity contribution >= 4 is 32.7 Å². The van der Waals surface area contributed by atoms with E-state index in [2.05, 4.69) is 72.8 Å². The molecule has 0 aliphatic carbocycles. The molecule has 10 rings (SSSR count). The third kappa shape index (κ3) is 5.45. The van der Waals surface area contributed by atoms with Crippen LogP contribution in [0.1, 0.15) is 4.11 Å². The van der Waals surface area contributed by atoms with Crippen LogP contribution >= 0.6 is 0 Å². The molecule has 4 heteroatoms. The Labute approximate surface area is 310 Å². The lowest BCUT2D eigenvalue weighted by molar-refractivity contribution is 0.669. The largest absolute Gasteiger partial charge is 0.456 e. The van der Waals surface area contributed by atoms with Crippen LogP contribution in [0.15, 0.2) is 192 Å². The van der Waals surface area contributed by atoms with Gasteiger partial charge in [-0.1, -0.05) is 164 Å². The zero-order chi connectivity index (χ0) is 37.8. The van der Waals surface area contributed by atoms with Gasteiger partial charge in [0.25, 0.3) is 0 Å². The fourth-order valence-corrected chi connectivity index (χ4v) is 7.27. The molecule has 4 nitrogen and oxygen atoms in total. The maximum absolute atomic E-state index is 9.25. The molecule has 0 aliphatic rings. The number of fused-ring (bicyclic) bond motifs is 4. The lowest BCUT2D eigenvalue weighted by atomic mass is 9.92. The molecule has 0 atom stereocenters. The number of rotatable bonds is 6. The number of para-hydroxylation sites is 1. The van der Waals surface area contributed by atoms with Gasteiger partial charge in [-0.3, -0.25) is 0 Å². The molecule has 0 unspecified atom stereocenters. The van der Waals surface area contributed by atoms with Crippen molar-refractivity contribution in [2.24, 2.45) is 0 Å². The van der Waals surface area contributed by atoms with Gasteiger partial charge >= 0.3 is 0 Å². The lowest BCUT2D eigenvalue weighted by Crippen LogP contribution is -2.01. The SMILES string of the molecule is [2H]c1cc([2H])c2oc3ccc([2H])c(-c4nc(-c5ccc(-c6ccccc6)c(-c6ccccc6)c5)nc(-c5ccc(-c6ccccc6)c6ccccc56)n4)c3c2c1. The van der Waals surface area contributed by atoms with E-state index in [1.54, 1.807) is 18.2 Å². The Morgan fingerprint density at radius 2 is 0.925 bits per heavy atom. The molecular formula is C49H31N3O. The highest BCUT2D eigenvalue weighted by atomic mass is 16.3. The fraction of sp³-hybridized carbons (Fsp3) is 0. The number of hydrogen-bond donors (Lipinski definition) is 0. The molecule has 0 aliphatic heterocycles. The van der Waals surface area contributed by atoms with E-state index in [0.29, 0.717) is 45.0 Å². The lowest BCUT2D eigenvalue weighted by Gasteiger charge is -2.15. The van der Waals surface area contributed by atoms with Gasteiger partial charge in [0.2, 0.25) is 0 Å². The molecule has 10 aromatic rings. The van der Waals surface area contributed by atoms with Crippen LogP contribution in [0.5, 0.6) is 0 Å². The van der Waals surface area contributed by atoms with E-state index in [1.165, 1.54) is 6.07 Å². The van der Waals surface area contributed by atoms with Crippen LogP contribution in [0.25, 0.3) is 100 Å². The van der Waals surface area contributed by atoms with Crippen molar-refractivity contribution in [1.82, 2.24) is 15.0 Å². The minimum absolute atomic E-state index is 0.107. The Hall–Kier alpha value is -7.17. The quantitative estimate of drug-likeness (QED) is 0.175. The fourth-order valence-electron chi connectivity index (χ4n) is 7.27. The highest BCUT2D eigenvalue weighted by Gasteiger charge is 2.20. The summed E-state index contributed by atoms with van der Waals surface area (Å²) in [7, 11) is 0. The monoisotopic (exact) mass is 680 g/mol. The molecule has 0 fully saturated rings. The van der Waals surface area contributed by atoms with Gasteiger partial charge in [-0.25, -0.2) is 15.0 Å². The summed E-state index contributed by atoms with van der Waals surface area (Å²) in [4.78, 5) is 15.5. The van der Waals surface area contributed by atoms with Gasteiger partial charge in [0.15, 0.2) is 17.5 Å². The minimum atomic E-state index is 0.107. The third-order valence-corrected chi connectivity index (χ3v) is 9.76. The van der Waals surface area contributed by atoms with E-state index in [9.17, 15) is 1.37 Å². The van der Waals surface area contributed by atoms with Crippen LogP contribution in [0.2, 0.25) is 0 Å². The van der Waals surface area contributed by atoms with Crippen molar-refractivity contribution in [2.75, 3.05) is 0 Å². The molecule has 0 radical (unpaired) electrons. The van der Waals surface area contributed by atoms with Crippen molar-refractivity contribution in [1.29, 1.82) is 0 Å². The first-order valence-corrected chi connectivity index (χ1v) is 17.5. The number of aromatic nitrogens is 3. The molecule has 0 N–H and O–H groups in total. The summed E-state index contributed by atoms with van der Waals surface area (Å²) in [6.07, 6.45) is 0. The molecule has 2 heterocycles. The summed E-state index contributed by atoms with van der Waals surface area (Å²) >= 11 is 0. The van der Waals surface area contributed by atoms with Crippen molar-refractivity contribution < 1.29 is 8.53 Å². The average Bonchev–Trinajstić information content (AvgIpc) is 3.62. The molecule has 248 valence electrons. The van der Waals surface area contributed by atoms with Crippen molar-refractivity contribution in [3.63, 3.8) is 0 Å². The van der Waals surface area contributed by atoms with E-state index in [1.807, 2.05) is 72.8 Å². The smallest absolute Gasteiger partial charge is 0.164 e. The van der Waals surface area contributed by atoms with Crippen LogP contribution in [-0.4, -0.2) is 15.0 Å². The zero-order valence-corrected chi connectivity index (χ0v) is 28.4. The average molecular weight is 681 g/mol. The van der Waals surface area contributed by atoms with Crippen molar-refractivity contribution in [3.05, 3.63) is 188 Å². The summed E-state index contributed by atoms with van der Waals surface area (Å²) in [5, 5.41) is 3.21. The standard InChI is InChI=1S/C49H31N3O/c1-4-15-32(16-5-1)36-29-30-40(39-22-11-10-21-38(36)39)48-50-47(51-49(52-48)42-24-14-26-45-46(42)41-23-12-13-25-44(41)53-45)35-27-28-37(33-17-6-2-7-18-33)43(31-35)34-19-8-3-9-20-34/h1-31H/i12D,24D,25D. The second kappa shape index (κ2) is 12.9. The predicted molar refractivity (Wildman–Crippen MR) is 217 cm³/mol. The van der Waals surface area contributed by atoms with E-state index >= 15 is 0 Å². The summed E-state index contributed by atoms with van der Waals surface area (Å²) < 4.78 is 32.5. The summed E-state index contributed by atoms with van der Waals surface area (Å²) in [5.41, 5.74) is 9.39. The Morgan fingerprint density at radius 1 is 0.358 bits per heavy atom. The minimum Gasteiger partial charge on any atom is -0.456 e. The normalized spacial score (nSPS) is 12.2. The van der Waals surface area contributed by atoms with Gasteiger partial charge in [-0.15, -0.1) is 0 Å². The molecule has 0 bridgehead atoms. The summed E-state index contributed by atoms with van der Waals surface area (Å²) in [6.45, 7) is 0. The zero-order valence-electron chi connectivity index (χ0n) is 31.4. The topological polar surface area (TPSA) is 51.8 Å². The first-order valence-electron chi connectivity index (χ1n) is 19.0. The first-order chi connectivity index (χ1) is 27.5. The van der Waals surface area contributed by atoms with Gasteiger partial charge in [0, 0.05) is 27.5 Å². The Morgan fingerprint density at radius 3 is 1.64 bits per heavy atom. The Balaban J connectivity index is 1.26. The van der Waals surface area contributed by atoms with Crippen LogP contribution in [-0.2, 0) is 0 Å². The molecule has 0 saturated carbocycles. The molecule has 0 saturated heterocycles. The number of furan rings is 1. The van der Waals surface area contributed by atoms with Crippen molar-refractivity contribution in [2.45, 2.75) is 0 Å². The van der Waals surface area contributed by atoms with Gasteiger partial charge in [-0.2, -0.15) is 0 Å². The summed E-state index contributed by atoms with van der Waals surface area (Å²) in [6, 6.07) is 56.7. The predicted octanol–water partition coefficient (Wildman–Crippen LogP) is 12.9. The highest BCUT2D eigenvalue weighted by Crippen LogP contribution is 2.40. The molecule has 8 aromatic carbocycles. The van der Waals surface area contributed by atoms with E-state index < -0.39 is 0 Å². The van der Waals surface area contributed by atoms with Crippen molar-refractivity contribution in [3.8, 4) is 67.5 Å². The van der Waals surface area contributed by atoms with Crippen LogP contribution in [0.3, 0.4) is 0 Å². The van der Waals surface area contributed by atoms with Gasteiger partial charge in [-0.05, 0) is 68.4 Å². The van der Waals surface area contributed by atoms with Crippen LogP contribution in [0, 0.1) is 0 Å². The molecule has 2 aromatic heterocycles. The second-order valence-corrected chi connectivity index (χ2v) is 12.9. The van der Waals surface area contributed by atoms with Crippen LogP contribution < -0.4 is 0 Å². The molecule has 0 amide bonds. The Kier molecular flexibility index (Phi) is 6.68. The number of benzene rings is 8. The maximum Gasteiger partial charge on any atom is 0.164 e. The van der Waals surface area contributed by atoms with Gasteiger partial charge < -0.3 is 4.42 Å². The maximum atomic E-state index is 9.25.